The van der Waals surface area contributed by atoms with Gasteiger partial charge in [-0.3, -0.25) is 0 Å². The summed E-state index contributed by atoms with van der Waals surface area (Å²) < 4.78 is 5.37. The van der Waals surface area contributed by atoms with Crippen LogP contribution in [-0.2, 0) is 0 Å². The van der Waals surface area contributed by atoms with Gasteiger partial charge in [0.05, 0.1) is 7.11 Å². The predicted octanol–water partition coefficient (Wildman–Crippen LogP) is 2.54. The van der Waals surface area contributed by atoms with E-state index in [1.54, 1.807) is 20.4 Å². The van der Waals surface area contributed by atoms with Crippen molar-refractivity contribution in [3.63, 3.8) is 0 Å². The second-order valence-corrected chi connectivity index (χ2v) is 4.33. The van der Waals surface area contributed by atoms with E-state index in [0.717, 1.165) is 27.6 Å². The lowest BCUT2D eigenvalue weighted by Gasteiger charge is -2.08. The molecule has 0 spiro atoms. The fraction of sp³-hybridized carbons (Fsp3) is 0.214. The Labute approximate surface area is 110 Å². The number of nitrogens with zero attached hydrogens (tertiary/aromatic N) is 3. The summed E-state index contributed by atoms with van der Waals surface area (Å²) in [6, 6.07) is 6.00. The number of benzene rings is 1. The molecule has 0 atom stereocenters. The molecule has 0 radical (unpaired) electrons. The number of hydrogen-bond acceptors (Lipinski definition) is 5. The van der Waals surface area contributed by atoms with Crippen molar-refractivity contribution >= 4 is 27.9 Å². The minimum Gasteiger partial charge on any atom is -0.494 e. The Morgan fingerprint density at radius 1 is 1.21 bits per heavy atom. The van der Waals surface area contributed by atoms with Gasteiger partial charge in [-0.1, -0.05) is 6.07 Å². The number of anilines is 1. The predicted molar refractivity (Wildman–Crippen MR) is 75.7 cm³/mol. The van der Waals surface area contributed by atoms with E-state index >= 15 is 0 Å². The monoisotopic (exact) mass is 254 g/mol. The van der Waals surface area contributed by atoms with Crippen LogP contribution in [0.4, 0.5) is 5.95 Å². The van der Waals surface area contributed by atoms with E-state index in [1.807, 2.05) is 12.1 Å². The Morgan fingerprint density at radius 3 is 2.79 bits per heavy atom. The smallest absolute Gasteiger partial charge is 0.224 e. The molecule has 0 saturated heterocycles. The van der Waals surface area contributed by atoms with Crippen molar-refractivity contribution in [2.45, 2.75) is 6.92 Å². The van der Waals surface area contributed by atoms with Crippen LogP contribution in [0.3, 0.4) is 0 Å². The maximum absolute atomic E-state index is 5.37. The number of rotatable bonds is 2. The van der Waals surface area contributed by atoms with Crippen LogP contribution in [-0.4, -0.2) is 29.1 Å². The molecule has 0 unspecified atom stereocenters. The van der Waals surface area contributed by atoms with Gasteiger partial charge >= 0.3 is 0 Å². The van der Waals surface area contributed by atoms with Crippen LogP contribution >= 0.6 is 0 Å². The summed E-state index contributed by atoms with van der Waals surface area (Å²) in [7, 11) is 3.43. The minimum atomic E-state index is 0.561. The zero-order valence-electron chi connectivity index (χ0n) is 11.1. The minimum absolute atomic E-state index is 0.561. The highest BCUT2D eigenvalue weighted by atomic mass is 16.5. The highest BCUT2D eigenvalue weighted by molar-refractivity contribution is 5.95. The first-order chi connectivity index (χ1) is 9.22. The standard InChI is InChI=1S/C14H14N4O/c1-8-4-5-11(19-3)12-10(8)6-9-7-16-14(15-2)18-13(9)17-12/h4-7H,1-3H3,(H,15,16,17,18). The van der Waals surface area contributed by atoms with Gasteiger partial charge < -0.3 is 10.1 Å². The lowest BCUT2D eigenvalue weighted by atomic mass is 10.1. The highest BCUT2D eigenvalue weighted by Crippen LogP contribution is 2.28. The molecule has 2 aromatic heterocycles. The van der Waals surface area contributed by atoms with Gasteiger partial charge in [0.2, 0.25) is 5.95 Å². The molecule has 0 aliphatic carbocycles. The number of fused-ring (bicyclic) bond motifs is 2. The van der Waals surface area contributed by atoms with Gasteiger partial charge in [-0.2, -0.15) is 4.98 Å². The maximum Gasteiger partial charge on any atom is 0.224 e. The zero-order valence-corrected chi connectivity index (χ0v) is 11.1. The van der Waals surface area contributed by atoms with Gasteiger partial charge in [-0.25, -0.2) is 9.97 Å². The molecular formula is C14H14N4O. The van der Waals surface area contributed by atoms with E-state index in [1.165, 1.54) is 0 Å². The average Bonchev–Trinajstić information content (AvgIpc) is 2.45. The summed E-state index contributed by atoms with van der Waals surface area (Å²) in [6.45, 7) is 2.05. The third-order valence-corrected chi connectivity index (χ3v) is 3.16. The molecule has 1 aromatic carbocycles. The number of aromatic nitrogens is 3. The normalized spacial score (nSPS) is 10.9. The number of ether oxygens (including phenoxy) is 1. The van der Waals surface area contributed by atoms with Crippen LogP contribution in [0.2, 0.25) is 0 Å². The zero-order chi connectivity index (χ0) is 13.4. The van der Waals surface area contributed by atoms with Crippen LogP contribution in [0.5, 0.6) is 5.75 Å². The molecule has 2 heterocycles. The second-order valence-electron chi connectivity index (χ2n) is 4.33. The van der Waals surface area contributed by atoms with Gasteiger partial charge in [0, 0.05) is 24.0 Å². The first-order valence-corrected chi connectivity index (χ1v) is 6.02. The Morgan fingerprint density at radius 2 is 2.05 bits per heavy atom. The van der Waals surface area contributed by atoms with Crippen molar-refractivity contribution in [1.29, 1.82) is 0 Å². The lowest BCUT2D eigenvalue weighted by molar-refractivity contribution is 0.419. The molecule has 0 fully saturated rings. The molecule has 3 aromatic rings. The third kappa shape index (κ3) is 1.83. The Bertz CT molecular complexity index is 770. The molecule has 1 N–H and O–H groups in total. The molecule has 5 nitrogen and oxygen atoms in total. The van der Waals surface area contributed by atoms with E-state index in [0.29, 0.717) is 11.6 Å². The number of aryl methyl sites for hydroxylation is 1. The van der Waals surface area contributed by atoms with Gasteiger partial charge in [0.25, 0.3) is 0 Å². The topological polar surface area (TPSA) is 59.9 Å². The highest BCUT2D eigenvalue weighted by Gasteiger charge is 2.09. The number of methoxy groups -OCH3 is 1. The summed E-state index contributed by atoms with van der Waals surface area (Å²) in [5, 5.41) is 4.90. The number of hydrogen-bond donors (Lipinski definition) is 1. The molecule has 0 amide bonds. The van der Waals surface area contributed by atoms with E-state index in [-0.39, 0.29) is 0 Å². The summed E-state index contributed by atoms with van der Waals surface area (Å²) in [4.78, 5) is 13.2. The molecule has 5 heteroatoms. The first-order valence-electron chi connectivity index (χ1n) is 6.02. The van der Waals surface area contributed by atoms with Crippen molar-refractivity contribution in [3.05, 3.63) is 30.0 Å². The van der Waals surface area contributed by atoms with Crippen LogP contribution in [0.15, 0.2) is 24.4 Å². The fourth-order valence-electron chi connectivity index (χ4n) is 2.11. The maximum atomic E-state index is 5.37. The van der Waals surface area contributed by atoms with Gasteiger partial charge in [-0.05, 0) is 24.6 Å². The van der Waals surface area contributed by atoms with Crippen molar-refractivity contribution in [3.8, 4) is 5.75 Å². The largest absolute Gasteiger partial charge is 0.494 e. The Kier molecular flexibility index (Phi) is 2.67. The molecular weight excluding hydrogens is 240 g/mol. The van der Waals surface area contributed by atoms with E-state index < -0.39 is 0 Å². The molecule has 0 saturated carbocycles. The van der Waals surface area contributed by atoms with Crippen molar-refractivity contribution in [1.82, 2.24) is 15.0 Å². The quantitative estimate of drug-likeness (QED) is 0.712. The molecule has 19 heavy (non-hydrogen) atoms. The van der Waals surface area contributed by atoms with E-state index in [9.17, 15) is 0 Å². The number of nitrogens with one attached hydrogen (secondary N) is 1. The van der Waals surface area contributed by atoms with Crippen molar-refractivity contribution < 1.29 is 4.74 Å². The van der Waals surface area contributed by atoms with Crippen LogP contribution in [0.1, 0.15) is 5.56 Å². The molecule has 0 bridgehead atoms. The average molecular weight is 254 g/mol. The van der Waals surface area contributed by atoms with Gasteiger partial charge in [0.15, 0.2) is 5.65 Å². The van der Waals surface area contributed by atoms with Crippen molar-refractivity contribution in [2.75, 3.05) is 19.5 Å². The Hall–Kier alpha value is -2.43. The molecule has 96 valence electrons. The molecule has 3 rings (SSSR count). The van der Waals surface area contributed by atoms with E-state index in [2.05, 4.69) is 33.3 Å². The second kappa shape index (κ2) is 4.35. The lowest BCUT2D eigenvalue weighted by Crippen LogP contribution is -1.98. The summed E-state index contributed by atoms with van der Waals surface area (Å²) >= 11 is 0. The third-order valence-electron chi connectivity index (χ3n) is 3.16. The van der Waals surface area contributed by atoms with Crippen LogP contribution < -0.4 is 10.1 Å². The fourth-order valence-corrected chi connectivity index (χ4v) is 2.11. The van der Waals surface area contributed by atoms with E-state index in [4.69, 9.17) is 4.74 Å². The summed E-state index contributed by atoms with van der Waals surface area (Å²) in [6.07, 6.45) is 1.78. The van der Waals surface area contributed by atoms with Crippen LogP contribution in [0.25, 0.3) is 21.9 Å². The Balaban J connectivity index is 2.41. The summed E-state index contributed by atoms with van der Waals surface area (Å²) in [5.74, 6) is 1.32. The number of pyridine rings is 1. The SMILES string of the molecule is CNc1ncc2cc3c(C)ccc(OC)c3nc2n1. The summed E-state index contributed by atoms with van der Waals surface area (Å²) in [5.41, 5.74) is 2.65. The van der Waals surface area contributed by atoms with Crippen LogP contribution in [0, 0.1) is 6.92 Å². The van der Waals surface area contributed by atoms with Gasteiger partial charge in [-0.15, -0.1) is 0 Å². The first kappa shape index (κ1) is 11.6. The van der Waals surface area contributed by atoms with Crippen molar-refractivity contribution in [2.24, 2.45) is 0 Å². The van der Waals surface area contributed by atoms with Gasteiger partial charge in [0.1, 0.15) is 11.3 Å². The molecule has 0 aliphatic rings. The molecule has 0 aliphatic heterocycles.